The average Bonchev–Trinajstić information content (AvgIpc) is 2.86. The summed E-state index contributed by atoms with van der Waals surface area (Å²) in [4.78, 5) is 0. The molecule has 1 aromatic carbocycles. The fourth-order valence-corrected chi connectivity index (χ4v) is 2.69. The Hall–Kier alpha value is -2.06. The van der Waals surface area contributed by atoms with Crippen LogP contribution in [0.3, 0.4) is 0 Å². The molecule has 0 saturated carbocycles. The highest BCUT2D eigenvalue weighted by Crippen LogP contribution is 2.52. The normalized spacial score (nSPS) is 25.3. The predicted molar refractivity (Wildman–Crippen MR) is 55.0 cm³/mol. The average molecular weight is 192 g/mol. The molecule has 2 aliphatic carbocycles. The molecule has 2 heteroatoms. The van der Waals surface area contributed by atoms with Gasteiger partial charge in [0, 0.05) is 17.4 Å². The van der Waals surface area contributed by atoms with Crippen molar-refractivity contribution >= 4 is 0 Å². The van der Waals surface area contributed by atoms with Crippen molar-refractivity contribution in [3.05, 3.63) is 46.5 Å². The summed E-state index contributed by atoms with van der Waals surface area (Å²) in [5, 5.41) is 17.8. The fourth-order valence-electron chi connectivity index (χ4n) is 2.69. The number of allylic oxidation sites excluding steroid dienone is 2. The number of nitrogens with zero attached hydrogens (tertiary/aromatic N) is 2. The van der Waals surface area contributed by atoms with E-state index in [1.54, 1.807) is 0 Å². The molecule has 0 radical (unpaired) electrons. The zero-order chi connectivity index (χ0) is 10.4. The maximum absolute atomic E-state index is 8.94. The van der Waals surface area contributed by atoms with E-state index in [0.717, 1.165) is 12.0 Å². The summed E-state index contributed by atoms with van der Waals surface area (Å²) in [5.74, 6) is 0.663. The number of rotatable bonds is 0. The molecule has 0 unspecified atom stereocenters. The molecule has 0 aliphatic heterocycles. The molecule has 1 aromatic rings. The Morgan fingerprint density at radius 3 is 2.73 bits per heavy atom. The predicted octanol–water partition coefficient (Wildman–Crippen LogP) is 2.59. The van der Waals surface area contributed by atoms with Crippen molar-refractivity contribution in [3.8, 4) is 12.1 Å². The zero-order valence-electron chi connectivity index (χ0n) is 8.07. The first-order chi connectivity index (χ1) is 7.33. The molecule has 2 aliphatic rings. The Morgan fingerprint density at radius 2 is 2.00 bits per heavy atom. The maximum Gasteiger partial charge on any atom is 0.0991 e. The third-order valence-electron chi connectivity index (χ3n) is 3.37. The van der Waals surface area contributed by atoms with Crippen LogP contribution in [0.5, 0.6) is 0 Å². The molecule has 70 valence electrons. The standard InChI is InChI=1S/C13H8N2/c14-6-8-1-2-11-12(3-8)9-4-10(7-15)13(11)5-9/h1-4,9,13H,5H2/t9-,13-/m1/s1. The van der Waals surface area contributed by atoms with Crippen LogP contribution in [-0.2, 0) is 0 Å². The van der Waals surface area contributed by atoms with Gasteiger partial charge < -0.3 is 0 Å². The number of nitriles is 2. The van der Waals surface area contributed by atoms with Gasteiger partial charge in [-0.2, -0.15) is 10.5 Å². The maximum atomic E-state index is 8.94. The number of benzene rings is 1. The highest BCUT2D eigenvalue weighted by atomic mass is 14.4. The van der Waals surface area contributed by atoms with Crippen LogP contribution in [-0.4, -0.2) is 0 Å². The summed E-state index contributed by atoms with van der Waals surface area (Å²) in [6.45, 7) is 0. The lowest BCUT2D eigenvalue weighted by atomic mass is 9.91. The van der Waals surface area contributed by atoms with Gasteiger partial charge in [-0.1, -0.05) is 12.1 Å². The quantitative estimate of drug-likeness (QED) is 0.634. The van der Waals surface area contributed by atoms with Gasteiger partial charge in [0.1, 0.15) is 0 Å². The molecule has 0 saturated heterocycles. The van der Waals surface area contributed by atoms with Gasteiger partial charge in [0.2, 0.25) is 0 Å². The lowest BCUT2D eigenvalue weighted by Gasteiger charge is -2.12. The molecule has 3 rings (SSSR count). The second kappa shape index (κ2) is 2.72. The SMILES string of the molecule is N#CC1=C[C@@H]2C[C@H]1c1ccc(C#N)cc12. The smallest absolute Gasteiger partial charge is 0.0991 e. The van der Waals surface area contributed by atoms with Crippen LogP contribution in [0.4, 0.5) is 0 Å². The van der Waals surface area contributed by atoms with Crippen LogP contribution in [0.15, 0.2) is 29.8 Å². The third-order valence-corrected chi connectivity index (χ3v) is 3.37. The van der Waals surface area contributed by atoms with Crippen LogP contribution in [0.2, 0.25) is 0 Å². The summed E-state index contributed by atoms with van der Waals surface area (Å²) >= 11 is 0. The topological polar surface area (TPSA) is 47.6 Å². The minimum absolute atomic E-state index is 0.294. The summed E-state index contributed by atoms with van der Waals surface area (Å²) < 4.78 is 0. The largest absolute Gasteiger partial charge is 0.193 e. The van der Waals surface area contributed by atoms with E-state index < -0.39 is 0 Å². The van der Waals surface area contributed by atoms with Crippen molar-refractivity contribution in [1.82, 2.24) is 0 Å². The Kier molecular flexibility index (Phi) is 1.50. The zero-order valence-corrected chi connectivity index (χ0v) is 8.07. The van der Waals surface area contributed by atoms with Crippen molar-refractivity contribution < 1.29 is 0 Å². The summed E-state index contributed by atoms with van der Waals surface area (Å²) in [6.07, 6.45) is 3.07. The van der Waals surface area contributed by atoms with Crippen LogP contribution in [0, 0.1) is 22.7 Å². The molecule has 0 N–H and O–H groups in total. The van der Waals surface area contributed by atoms with Gasteiger partial charge in [0.05, 0.1) is 17.7 Å². The van der Waals surface area contributed by atoms with Gasteiger partial charge in [-0.05, 0) is 29.7 Å². The van der Waals surface area contributed by atoms with Gasteiger partial charge in [0.25, 0.3) is 0 Å². The van der Waals surface area contributed by atoms with Gasteiger partial charge >= 0.3 is 0 Å². The second-order valence-corrected chi connectivity index (χ2v) is 4.08. The van der Waals surface area contributed by atoms with Gasteiger partial charge in [-0.15, -0.1) is 0 Å². The van der Waals surface area contributed by atoms with E-state index in [4.69, 9.17) is 10.5 Å². The molecule has 0 spiro atoms. The third kappa shape index (κ3) is 0.966. The molecule has 2 bridgehead atoms. The van der Waals surface area contributed by atoms with E-state index in [0.29, 0.717) is 17.4 Å². The lowest BCUT2D eigenvalue weighted by Crippen LogP contribution is -1.98. The molecule has 2 nitrogen and oxygen atoms in total. The van der Waals surface area contributed by atoms with Crippen molar-refractivity contribution in [3.63, 3.8) is 0 Å². The first-order valence-corrected chi connectivity index (χ1v) is 4.99. The van der Waals surface area contributed by atoms with E-state index in [2.05, 4.69) is 12.1 Å². The molecule has 0 heterocycles. The van der Waals surface area contributed by atoms with E-state index in [1.165, 1.54) is 11.1 Å². The van der Waals surface area contributed by atoms with Gasteiger partial charge in [-0.3, -0.25) is 0 Å². The molecule has 15 heavy (non-hydrogen) atoms. The Bertz CT molecular complexity index is 555. The summed E-state index contributed by atoms with van der Waals surface area (Å²) in [5.41, 5.74) is 4.11. The minimum atomic E-state index is 0.294. The van der Waals surface area contributed by atoms with Crippen molar-refractivity contribution in [1.29, 1.82) is 10.5 Å². The summed E-state index contributed by atoms with van der Waals surface area (Å²) in [7, 11) is 0. The molecule has 0 amide bonds. The fraction of sp³-hybridized carbons (Fsp3) is 0.231. The van der Waals surface area contributed by atoms with Gasteiger partial charge in [-0.25, -0.2) is 0 Å². The Morgan fingerprint density at radius 1 is 1.13 bits per heavy atom. The van der Waals surface area contributed by atoms with Crippen molar-refractivity contribution in [2.24, 2.45) is 0 Å². The summed E-state index contributed by atoms with van der Waals surface area (Å²) in [6, 6.07) is 10.2. The number of hydrogen-bond acceptors (Lipinski definition) is 2. The van der Waals surface area contributed by atoms with E-state index >= 15 is 0 Å². The first-order valence-electron chi connectivity index (χ1n) is 4.99. The number of hydrogen-bond donors (Lipinski definition) is 0. The lowest BCUT2D eigenvalue weighted by molar-refractivity contribution is 0.794. The minimum Gasteiger partial charge on any atom is -0.193 e. The highest BCUT2D eigenvalue weighted by molar-refractivity contribution is 5.56. The van der Waals surface area contributed by atoms with Crippen molar-refractivity contribution in [2.75, 3.05) is 0 Å². The van der Waals surface area contributed by atoms with Crippen LogP contribution in [0.25, 0.3) is 0 Å². The Labute approximate surface area is 88.1 Å². The van der Waals surface area contributed by atoms with Crippen LogP contribution in [0.1, 0.15) is 34.9 Å². The highest BCUT2D eigenvalue weighted by Gasteiger charge is 2.37. The van der Waals surface area contributed by atoms with Gasteiger partial charge in [0.15, 0.2) is 0 Å². The molecular weight excluding hydrogens is 184 g/mol. The molecular formula is C13H8N2. The molecule has 2 atom stereocenters. The van der Waals surface area contributed by atoms with Crippen LogP contribution < -0.4 is 0 Å². The van der Waals surface area contributed by atoms with E-state index in [1.807, 2.05) is 24.3 Å². The molecule has 0 fully saturated rings. The monoisotopic (exact) mass is 192 g/mol. The van der Waals surface area contributed by atoms with Crippen molar-refractivity contribution in [2.45, 2.75) is 18.3 Å². The Balaban J connectivity index is 2.16. The van der Waals surface area contributed by atoms with Crippen LogP contribution >= 0.6 is 0 Å². The van der Waals surface area contributed by atoms with E-state index in [9.17, 15) is 0 Å². The second-order valence-electron chi connectivity index (χ2n) is 4.08. The first kappa shape index (κ1) is 8.26. The van der Waals surface area contributed by atoms with E-state index in [-0.39, 0.29) is 0 Å². The molecule has 0 aromatic heterocycles. The number of fused-ring (bicyclic) bond motifs is 5.